The summed E-state index contributed by atoms with van der Waals surface area (Å²) in [7, 11) is -8.63. The van der Waals surface area contributed by atoms with E-state index in [1.54, 1.807) is 13.8 Å². The van der Waals surface area contributed by atoms with Crippen molar-refractivity contribution in [1.82, 2.24) is 0 Å². The van der Waals surface area contributed by atoms with Crippen LogP contribution in [0.1, 0.15) is 13.8 Å². The van der Waals surface area contributed by atoms with Gasteiger partial charge in [0.05, 0.1) is 13.2 Å². The molecule has 5 nitrogen and oxygen atoms in total. The predicted molar refractivity (Wildman–Crippen MR) is 58.2 cm³/mol. The lowest BCUT2D eigenvalue weighted by Gasteiger charge is -2.23. The Morgan fingerprint density at radius 2 is 1.59 bits per heavy atom. The van der Waals surface area contributed by atoms with Crippen LogP contribution in [0, 0.1) is 0 Å². The highest BCUT2D eigenvalue weighted by molar-refractivity contribution is 7.87. The lowest BCUT2D eigenvalue weighted by atomic mass is 10.9. The number of halogens is 3. The molecule has 0 aliphatic carbocycles. The van der Waals surface area contributed by atoms with Crippen LogP contribution in [0.2, 0.25) is 0 Å². The van der Waals surface area contributed by atoms with Crippen molar-refractivity contribution in [2.75, 3.05) is 19.6 Å². The van der Waals surface area contributed by atoms with Crippen LogP contribution in [0.4, 0.5) is 13.2 Å². The first kappa shape index (κ1) is 16.9. The van der Waals surface area contributed by atoms with E-state index in [0.29, 0.717) is 0 Å². The van der Waals surface area contributed by atoms with Crippen LogP contribution in [0.3, 0.4) is 0 Å². The van der Waals surface area contributed by atoms with E-state index < -0.39 is 29.3 Å². The summed E-state index contributed by atoms with van der Waals surface area (Å²) >= 11 is 0. The topological polar surface area (TPSA) is 61.8 Å². The summed E-state index contributed by atoms with van der Waals surface area (Å²) in [5.41, 5.74) is -5.46. The molecule has 0 aliphatic rings. The van der Waals surface area contributed by atoms with Crippen molar-refractivity contribution in [3.05, 3.63) is 0 Å². The minimum Gasteiger partial charge on any atom is -0.336 e. The Bertz CT molecular complexity index is 367. The average molecular weight is 298 g/mol. The fourth-order valence-electron chi connectivity index (χ4n) is 0.799. The number of hydrogen-bond donors (Lipinski definition) is 0. The van der Waals surface area contributed by atoms with Gasteiger partial charge in [0.25, 0.3) is 0 Å². The first-order valence-corrected chi connectivity index (χ1v) is 7.95. The van der Waals surface area contributed by atoms with Crippen molar-refractivity contribution < 1.29 is 34.8 Å². The molecule has 0 amide bonds. The maximum absolute atomic E-state index is 12.0. The zero-order chi connectivity index (χ0) is 13.7. The summed E-state index contributed by atoms with van der Waals surface area (Å²) < 4.78 is 71.1. The van der Waals surface area contributed by atoms with E-state index in [1.165, 1.54) is 0 Å². The van der Waals surface area contributed by atoms with E-state index in [1.807, 2.05) is 0 Å². The summed E-state index contributed by atoms with van der Waals surface area (Å²) in [6, 6.07) is 0. The van der Waals surface area contributed by atoms with Gasteiger partial charge >= 0.3 is 15.6 Å². The molecule has 0 aliphatic heterocycles. The van der Waals surface area contributed by atoms with Gasteiger partial charge in [0, 0.05) is 0 Å². The zero-order valence-electron chi connectivity index (χ0n) is 9.36. The smallest absolute Gasteiger partial charge is 0.336 e. The van der Waals surface area contributed by atoms with E-state index >= 15 is 0 Å². The predicted octanol–water partition coefficient (Wildman–Crippen LogP) is 2.16. The standard InChI is InChI=1S/C7H14F3O5PS/c1-4-13-16(3,14-5-2)6-15-17(11,12)7(8,9)10/h3-6H2,1-2H3. The maximum atomic E-state index is 12.0. The van der Waals surface area contributed by atoms with Crippen LogP contribution >= 0.6 is 7.34 Å². The zero-order valence-corrected chi connectivity index (χ0v) is 11.1. The van der Waals surface area contributed by atoms with E-state index in [-0.39, 0.29) is 13.2 Å². The molecule has 104 valence electrons. The van der Waals surface area contributed by atoms with Crippen molar-refractivity contribution in [3.63, 3.8) is 0 Å². The van der Waals surface area contributed by atoms with E-state index in [2.05, 4.69) is 10.5 Å². The number of hydrogen-bond acceptors (Lipinski definition) is 5. The van der Waals surface area contributed by atoms with Gasteiger partial charge in [-0.05, 0) is 20.1 Å². The molecule has 0 aromatic carbocycles. The van der Waals surface area contributed by atoms with Crippen molar-refractivity contribution in [3.8, 4) is 0 Å². The Kier molecular flexibility index (Phi) is 6.16. The Balaban J connectivity index is 4.68. The molecule has 0 radical (unpaired) electrons. The molecule has 0 saturated heterocycles. The van der Waals surface area contributed by atoms with Crippen LogP contribution in [-0.2, 0) is 23.3 Å². The highest BCUT2D eigenvalue weighted by atomic mass is 32.2. The van der Waals surface area contributed by atoms with E-state index in [0.717, 1.165) is 0 Å². The molecule has 0 spiro atoms. The summed E-state index contributed by atoms with van der Waals surface area (Å²) in [5.74, 6) is 0. The van der Waals surface area contributed by atoms with Gasteiger partial charge in [-0.2, -0.15) is 21.6 Å². The van der Waals surface area contributed by atoms with Gasteiger partial charge in [0.1, 0.15) is 13.7 Å². The van der Waals surface area contributed by atoms with Gasteiger partial charge in [-0.25, -0.2) is 0 Å². The number of alkyl halides is 3. The molecule has 0 rings (SSSR count). The molecule has 0 N–H and O–H groups in total. The average Bonchev–Trinajstić information content (AvgIpc) is 2.14. The number of rotatable bonds is 7. The second-order valence-electron chi connectivity index (χ2n) is 2.80. The third-order valence-corrected chi connectivity index (χ3v) is 4.57. The summed E-state index contributed by atoms with van der Waals surface area (Å²) in [6.45, 7) is 3.42. The fraction of sp³-hybridized carbons (Fsp3) is 0.857. The van der Waals surface area contributed by atoms with E-state index in [9.17, 15) is 21.6 Å². The van der Waals surface area contributed by atoms with Crippen LogP contribution in [0.25, 0.3) is 0 Å². The first-order chi connectivity index (χ1) is 7.58. The normalized spacial score (nSPS) is 13.9. The van der Waals surface area contributed by atoms with Crippen molar-refractivity contribution in [2.24, 2.45) is 0 Å². The minimum atomic E-state index is -5.64. The SMILES string of the molecule is C=P(COS(=O)(=O)C(F)(F)F)(OCC)OCC. The molecular weight excluding hydrogens is 284 g/mol. The second-order valence-corrected chi connectivity index (χ2v) is 6.81. The Hall–Kier alpha value is -0.0800. The summed E-state index contributed by atoms with van der Waals surface area (Å²) in [4.78, 5) is 0. The van der Waals surface area contributed by atoms with Crippen molar-refractivity contribution in [1.29, 1.82) is 0 Å². The fourth-order valence-corrected chi connectivity index (χ4v) is 3.29. The van der Waals surface area contributed by atoms with Gasteiger partial charge in [-0.15, -0.1) is 0 Å². The lowest BCUT2D eigenvalue weighted by Crippen LogP contribution is -2.26. The molecule has 0 atom stereocenters. The summed E-state index contributed by atoms with van der Waals surface area (Å²) in [6.07, 6.45) is 2.58. The Morgan fingerprint density at radius 1 is 1.18 bits per heavy atom. The third kappa shape index (κ3) is 5.39. The van der Waals surface area contributed by atoms with Crippen LogP contribution in [0.15, 0.2) is 0 Å². The van der Waals surface area contributed by atoms with E-state index in [4.69, 9.17) is 9.05 Å². The summed E-state index contributed by atoms with van der Waals surface area (Å²) in [5, 5.41) is 0. The van der Waals surface area contributed by atoms with Gasteiger partial charge in [-0.1, -0.05) is 0 Å². The van der Waals surface area contributed by atoms with Gasteiger partial charge < -0.3 is 9.05 Å². The van der Waals surface area contributed by atoms with Crippen LogP contribution in [-0.4, -0.2) is 39.8 Å². The molecule has 0 aromatic heterocycles. The minimum absolute atomic E-state index is 0.132. The van der Waals surface area contributed by atoms with Crippen molar-refractivity contribution >= 4 is 23.8 Å². The molecule has 10 heteroatoms. The monoisotopic (exact) mass is 298 g/mol. The van der Waals surface area contributed by atoms with Crippen LogP contribution in [0.5, 0.6) is 0 Å². The molecule has 0 bridgehead atoms. The van der Waals surface area contributed by atoms with Gasteiger partial charge in [0.2, 0.25) is 0 Å². The second kappa shape index (κ2) is 6.19. The maximum Gasteiger partial charge on any atom is 0.523 e. The largest absolute Gasteiger partial charge is 0.523 e. The first-order valence-electron chi connectivity index (χ1n) is 4.55. The Labute approximate surface area is 98.1 Å². The quantitative estimate of drug-likeness (QED) is 0.409. The molecule has 0 saturated carbocycles. The molecule has 17 heavy (non-hydrogen) atoms. The van der Waals surface area contributed by atoms with Gasteiger partial charge in [0.15, 0.2) is 0 Å². The Morgan fingerprint density at radius 3 is 1.88 bits per heavy atom. The lowest BCUT2D eigenvalue weighted by molar-refractivity contribution is -0.0533. The molecule has 0 unspecified atom stereocenters. The highest BCUT2D eigenvalue weighted by Gasteiger charge is 2.48. The van der Waals surface area contributed by atoms with Crippen LogP contribution < -0.4 is 0 Å². The van der Waals surface area contributed by atoms with Crippen molar-refractivity contribution in [2.45, 2.75) is 19.4 Å². The molecule has 0 heterocycles. The molecule has 0 fully saturated rings. The third-order valence-electron chi connectivity index (χ3n) is 1.42. The van der Waals surface area contributed by atoms with Gasteiger partial charge in [-0.3, -0.25) is 4.18 Å². The molecule has 0 aromatic rings. The highest BCUT2D eigenvalue weighted by Crippen LogP contribution is 2.48. The molecular formula is C7H14F3O5PS.